The maximum absolute atomic E-state index is 12.4. The van der Waals surface area contributed by atoms with E-state index in [1.807, 2.05) is 17.0 Å². The van der Waals surface area contributed by atoms with Crippen molar-refractivity contribution in [1.82, 2.24) is 0 Å². The summed E-state index contributed by atoms with van der Waals surface area (Å²) in [5.41, 5.74) is 2.38. The third-order valence-electron chi connectivity index (χ3n) is 4.25. The van der Waals surface area contributed by atoms with E-state index in [1.54, 1.807) is 0 Å². The van der Waals surface area contributed by atoms with E-state index in [2.05, 4.69) is 24.4 Å². The van der Waals surface area contributed by atoms with Gasteiger partial charge in [-0.3, -0.25) is 4.79 Å². The number of fused-ring (bicyclic) bond motifs is 1. The highest BCUT2D eigenvalue weighted by Crippen LogP contribution is 2.31. The van der Waals surface area contributed by atoms with E-state index in [9.17, 15) is 4.79 Å². The lowest BCUT2D eigenvalue weighted by atomic mass is 10.1. The van der Waals surface area contributed by atoms with Crippen molar-refractivity contribution in [2.75, 3.05) is 24.6 Å². The highest BCUT2D eigenvalue weighted by atomic mass is 16.5. The Morgan fingerprint density at radius 3 is 3.10 bits per heavy atom. The molecule has 1 fully saturated rings. The molecule has 0 saturated carbocycles. The summed E-state index contributed by atoms with van der Waals surface area (Å²) in [7, 11) is 0. The summed E-state index contributed by atoms with van der Waals surface area (Å²) in [6.07, 6.45) is 3.59. The van der Waals surface area contributed by atoms with Gasteiger partial charge in [0.1, 0.15) is 12.6 Å². The Morgan fingerprint density at radius 2 is 2.30 bits per heavy atom. The van der Waals surface area contributed by atoms with E-state index in [-0.39, 0.29) is 11.9 Å². The van der Waals surface area contributed by atoms with Gasteiger partial charge >= 0.3 is 0 Å². The molecule has 2 aliphatic heterocycles. The smallest absolute Gasteiger partial charge is 0.282 e. The number of nitrogens with two attached hydrogens (primary N) is 1. The Labute approximate surface area is 120 Å². The summed E-state index contributed by atoms with van der Waals surface area (Å²) in [5, 5.41) is 2.09. The zero-order chi connectivity index (χ0) is 13.9. The lowest BCUT2D eigenvalue weighted by Gasteiger charge is -2.22. The minimum absolute atomic E-state index is 0.209. The second kappa shape index (κ2) is 5.94. The van der Waals surface area contributed by atoms with Gasteiger partial charge in [0.15, 0.2) is 6.54 Å². The summed E-state index contributed by atoms with van der Waals surface area (Å²) in [6.45, 7) is 4.41. The first-order valence-electron chi connectivity index (χ1n) is 7.59. The molecule has 2 N–H and O–H groups in total. The third-order valence-corrected chi connectivity index (χ3v) is 4.25. The van der Waals surface area contributed by atoms with Gasteiger partial charge in [0, 0.05) is 18.3 Å². The van der Waals surface area contributed by atoms with Crippen molar-refractivity contribution in [2.24, 2.45) is 0 Å². The van der Waals surface area contributed by atoms with Crippen LogP contribution in [0.3, 0.4) is 0 Å². The Hall–Kier alpha value is -1.39. The number of quaternary nitrogens is 1. The van der Waals surface area contributed by atoms with Gasteiger partial charge in [-0.2, -0.15) is 0 Å². The third kappa shape index (κ3) is 2.72. The molecule has 2 aliphatic rings. The maximum Gasteiger partial charge on any atom is 0.282 e. The van der Waals surface area contributed by atoms with Gasteiger partial charge in [0.25, 0.3) is 5.91 Å². The lowest BCUT2D eigenvalue weighted by Crippen LogP contribution is -2.88. The van der Waals surface area contributed by atoms with Crippen LogP contribution in [-0.2, 0) is 16.0 Å². The monoisotopic (exact) mass is 275 g/mol. The molecule has 0 aromatic heterocycles. The van der Waals surface area contributed by atoms with Crippen LogP contribution in [0.4, 0.5) is 5.69 Å². The Balaban J connectivity index is 1.56. The van der Waals surface area contributed by atoms with Crippen LogP contribution in [0.25, 0.3) is 0 Å². The fourth-order valence-electron chi connectivity index (χ4n) is 3.27. The van der Waals surface area contributed by atoms with Crippen LogP contribution in [0.1, 0.15) is 25.3 Å². The summed E-state index contributed by atoms with van der Waals surface area (Å²) >= 11 is 0. The molecule has 108 valence electrons. The first-order valence-corrected chi connectivity index (χ1v) is 7.59. The molecule has 1 aromatic rings. The van der Waals surface area contributed by atoms with E-state index in [0.717, 1.165) is 38.1 Å². The molecule has 20 heavy (non-hydrogen) atoms. The first-order chi connectivity index (χ1) is 9.75. The van der Waals surface area contributed by atoms with Crippen LogP contribution in [0.2, 0.25) is 0 Å². The maximum atomic E-state index is 12.4. The molecule has 4 nitrogen and oxygen atoms in total. The molecule has 0 spiro atoms. The number of hydrogen-bond acceptors (Lipinski definition) is 2. The van der Waals surface area contributed by atoms with Gasteiger partial charge in [-0.1, -0.05) is 18.2 Å². The quantitative estimate of drug-likeness (QED) is 0.879. The molecule has 1 aromatic carbocycles. The van der Waals surface area contributed by atoms with Crippen molar-refractivity contribution in [3.05, 3.63) is 29.8 Å². The van der Waals surface area contributed by atoms with Gasteiger partial charge < -0.3 is 15.0 Å². The fraction of sp³-hybridized carbons (Fsp3) is 0.562. The molecule has 0 bridgehead atoms. The summed E-state index contributed by atoms with van der Waals surface area (Å²) in [5.74, 6) is 0.209. The Bertz CT molecular complexity index is 483. The van der Waals surface area contributed by atoms with Crippen LogP contribution in [0, 0.1) is 0 Å². The number of amides is 1. The summed E-state index contributed by atoms with van der Waals surface area (Å²) in [4.78, 5) is 14.4. The predicted octanol–water partition coefficient (Wildman–Crippen LogP) is 0.707. The summed E-state index contributed by atoms with van der Waals surface area (Å²) < 4.78 is 5.58. The van der Waals surface area contributed by atoms with Gasteiger partial charge in [-0.15, -0.1) is 0 Å². The lowest BCUT2D eigenvalue weighted by molar-refractivity contribution is -0.650. The normalized spacial score (nSPS) is 24.9. The standard InChI is InChI=1S/C16H22N2O2/c1-12-9-13-5-2-3-7-15(13)18(12)16(19)11-17-10-14-6-4-8-20-14/h2-3,5,7,12,14,17H,4,6,8-11H2,1H3/p+1/t12-,14-/m1/s1. The second-order valence-corrected chi connectivity index (χ2v) is 5.81. The van der Waals surface area contributed by atoms with Crippen LogP contribution in [0.5, 0.6) is 0 Å². The average Bonchev–Trinajstić information content (AvgIpc) is 3.04. The number of rotatable bonds is 4. The fourth-order valence-corrected chi connectivity index (χ4v) is 3.27. The first kappa shape index (κ1) is 13.6. The van der Waals surface area contributed by atoms with Gasteiger partial charge in [0.2, 0.25) is 0 Å². The van der Waals surface area contributed by atoms with E-state index >= 15 is 0 Å². The number of anilines is 1. The minimum Gasteiger partial charge on any atom is -0.372 e. The molecule has 1 saturated heterocycles. The zero-order valence-electron chi connectivity index (χ0n) is 12.0. The Morgan fingerprint density at radius 1 is 1.45 bits per heavy atom. The molecule has 0 aliphatic carbocycles. The average molecular weight is 275 g/mol. The molecule has 2 atom stereocenters. The molecule has 1 amide bonds. The predicted molar refractivity (Wildman–Crippen MR) is 77.7 cm³/mol. The van der Waals surface area contributed by atoms with E-state index < -0.39 is 0 Å². The molecular formula is C16H23N2O2+. The van der Waals surface area contributed by atoms with Gasteiger partial charge in [-0.05, 0) is 37.8 Å². The number of carbonyl (C=O) groups excluding carboxylic acids is 1. The highest BCUT2D eigenvalue weighted by molar-refractivity contribution is 5.96. The minimum atomic E-state index is 0.209. The number of ether oxygens (including phenoxy) is 1. The second-order valence-electron chi connectivity index (χ2n) is 5.81. The van der Waals surface area contributed by atoms with Crippen LogP contribution >= 0.6 is 0 Å². The SMILES string of the molecule is C[C@@H]1Cc2ccccc2N1C(=O)C[NH2+]C[C@H]1CCCO1. The van der Waals surface area contributed by atoms with Crippen LogP contribution in [-0.4, -0.2) is 37.7 Å². The van der Waals surface area contributed by atoms with Crippen molar-refractivity contribution in [3.63, 3.8) is 0 Å². The highest BCUT2D eigenvalue weighted by Gasteiger charge is 2.31. The number of hydrogen-bond donors (Lipinski definition) is 1. The molecular weight excluding hydrogens is 252 g/mol. The van der Waals surface area contributed by atoms with Crippen LogP contribution in [0.15, 0.2) is 24.3 Å². The molecule has 3 rings (SSSR count). The number of para-hydroxylation sites is 1. The van der Waals surface area contributed by atoms with Gasteiger partial charge in [-0.25, -0.2) is 0 Å². The van der Waals surface area contributed by atoms with Crippen molar-refractivity contribution in [3.8, 4) is 0 Å². The summed E-state index contributed by atoms with van der Waals surface area (Å²) in [6, 6.07) is 8.50. The zero-order valence-corrected chi connectivity index (χ0v) is 12.0. The molecule has 0 unspecified atom stereocenters. The van der Waals surface area contributed by atoms with Crippen molar-refractivity contribution >= 4 is 11.6 Å². The van der Waals surface area contributed by atoms with E-state index in [4.69, 9.17) is 4.74 Å². The largest absolute Gasteiger partial charge is 0.372 e. The number of nitrogens with zero attached hydrogens (tertiary/aromatic N) is 1. The van der Waals surface area contributed by atoms with Crippen LogP contribution < -0.4 is 10.2 Å². The van der Waals surface area contributed by atoms with Crippen molar-refractivity contribution in [2.45, 2.75) is 38.3 Å². The van der Waals surface area contributed by atoms with E-state index in [1.165, 1.54) is 5.56 Å². The topological polar surface area (TPSA) is 46.2 Å². The van der Waals surface area contributed by atoms with Gasteiger partial charge in [0.05, 0.1) is 0 Å². The van der Waals surface area contributed by atoms with Crippen molar-refractivity contribution < 1.29 is 14.8 Å². The van der Waals surface area contributed by atoms with Crippen molar-refractivity contribution in [1.29, 1.82) is 0 Å². The Kier molecular flexibility index (Phi) is 4.03. The van der Waals surface area contributed by atoms with E-state index in [0.29, 0.717) is 12.6 Å². The molecule has 4 heteroatoms. The number of carbonyl (C=O) groups is 1. The molecule has 2 heterocycles. The molecule has 0 radical (unpaired) electrons. The number of benzene rings is 1.